The van der Waals surface area contributed by atoms with Crippen molar-refractivity contribution in [3.05, 3.63) is 59.7 Å². The Labute approximate surface area is 191 Å². The molecule has 1 atom stereocenters. The summed E-state index contributed by atoms with van der Waals surface area (Å²) in [4.78, 5) is 32.3. The fourth-order valence-electron chi connectivity index (χ4n) is 4.07. The molecule has 0 saturated carbocycles. The summed E-state index contributed by atoms with van der Waals surface area (Å²) >= 11 is 0. The van der Waals surface area contributed by atoms with Crippen LogP contribution in [0.5, 0.6) is 0 Å². The molecule has 2 aromatic carbocycles. The van der Waals surface area contributed by atoms with Crippen LogP contribution in [0.15, 0.2) is 42.7 Å². The smallest absolute Gasteiger partial charge is 0.224 e. The number of hydrogen-bond donors (Lipinski definition) is 4. The summed E-state index contributed by atoms with van der Waals surface area (Å²) in [6, 6.07) is 10.5. The Bertz CT molecular complexity index is 1170. The molecule has 9 heteroatoms. The van der Waals surface area contributed by atoms with Crippen LogP contribution in [0.3, 0.4) is 0 Å². The first-order valence-corrected chi connectivity index (χ1v) is 11.1. The number of amides is 2. The third-order valence-electron chi connectivity index (χ3n) is 5.64. The van der Waals surface area contributed by atoms with Crippen molar-refractivity contribution in [2.45, 2.75) is 38.1 Å². The zero-order valence-electron chi connectivity index (χ0n) is 18.2. The van der Waals surface area contributed by atoms with Crippen LogP contribution in [-0.2, 0) is 22.4 Å². The van der Waals surface area contributed by atoms with Gasteiger partial charge in [-0.25, -0.2) is 14.4 Å². The van der Waals surface area contributed by atoms with E-state index in [9.17, 15) is 14.0 Å². The van der Waals surface area contributed by atoms with E-state index in [-0.39, 0.29) is 30.1 Å². The first-order valence-electron chi connectivity index (χ1n) is 11.1. The molecule has 0 fully saturated rings. The molecule has 1 aliphatic rings. The number of benzene rings is 2. The number of hydrogen-bond acceptors (Lipinski definition) is 6. The molecule has 0 saturated heterocycles. The van der Waals surface area contributed by atoms with E-state index in [0.717, 1.165) is 24.1 Å². The number of carbonyl (C=O) groups is 2. The summed E-state index contributed by atoms with van der Waals surface area (Å²) in [5, 5.41) is 9.67. The highest BCUT2D eigenvalue weighted by molar-refractivity contribution is 5.91. The normalized spacial score (nSPS) is 14.7. The van der Waals surface area contributed by atoms with Crippen LogP contribution >= 0.6 is 0 Å². The first-order chi connectivity index (χ1) is 16.0. The van der Waals surface area contributed by atoms with Crippen molar-refractivity contribution in [2.75, 3.05) is 23.7 Å². The Balaban J connectivity index is 1.32. The average Bonchev–Trinajstić information content (AvgIpc) is 3.19. The van der Waals surface area contributed by atoms with E-state index < -0.39 is 0 Å². The van der Waals surface area contributed by atoms with Gasteiger partial charge in [0.15, 0.2) is 0 Å². The third kappa shape index (κ3) is 5.81. The molecule has 5 N–H and O–H groups in total. The van der Waals surface area contributed by atoms with Crippen LogP contribution in [0.25, 0.3) is 10.9 Å². The van der Waals surface area contributed by atoms with Crippen molar-refractivity contribution < 1.29 is 14.0 Å². The first kappa shape index (κ1) is 22.6. The van der Waals surface area contributed by atoms with Gasteiger partial charge in [-0.15, -0.1) is 0 Å². The van der Waals surface area contributed by atoms with Crippen molar-refractivity contribution in [1.82, 2.24) is 15.3 Å². The van der Waals surface area contributed by atoms with Gasteiger partial charge in [-0.05, 0) is 60.7 Å². The van der Waals surface area contributed by atoms with Crippen molar-refractivity contribution in [1.29, 1.82) is 0 Å². The van der Waals surface area contributed by atoms with Gasteiger partial charge in [0.1, 0.15) is 18.0 Å². The second kappa shape index (κ2) is 10.4. The highest BCUT2D eigenvalue weighted by Crippen LogP contribution is 2.29. The van der Waals surface area contributed by atoms with E-state index in [1.807, 2.05) is 18.2 Å². The monoisotopic (exact) mass is 450 g/mol. The average molecular weight is 451 g/mol. The lowest BCUT2D eigenvalue weighted by Gasteiger charge is -2.14. The Hall–Kier alpha value is -3.59. The molecule has 0 aliphatic heterocycles. The summed E-state index contributed by atoms with van der Waals surface area (Å²) in [5.41, 5.74) is 9.12. The molecular weight excluding hydrogens is 423 g/mol. The van der Waals surface area contributed by atoms with Crippen LogP contribution < -0.4 is 21.7 Å². The van der Waals surface area contributed by atoms with Gasteiger partial charge in [0.2, 0.25) is 11.8 Å². The van der Waals surface area contributed by atoms with Crippen molar-refractivity contribution in [3.63, 3.8) is 0 Å². The summed E-state index contributed by atoms with van der Waals surface area (Å²) in [6.07, 6.45) is 4.09. The van der Waals surface area contributed by atoms with Crippen molar-refractivity contribution >= 4 is 34.2 Å². The predicted molar refractivity (Wildman–Crippen MR) is 125 cm³/mol. The second-order valence-corrected chi connectivity index (χ2v) is 8.16. The highest BCUT2D eigenvalue weighted by Gasteiger charge is 2.23. The van der Waals surface area contributed by atoms with E-state index in [1.165, 1.54) is 24.0 Å². The molecule has 1 unspecified atom stereocenters. The van der Waals surface area contributed by atoms with Crippen LogP contribution in [0.4, 0.5) is 15.9 Å². The summed E-state index contributed by atoms with van der Waals surface area (Å²) in [7, 11) is 0. The van der Waals surface area contributed by atoms with Crippen LogP contribution in [0, 0.1) is 5.82 Å². The fourth-order valence-corrected chi connectivity index (χ4v) is 4.07. The van der Waals surface area contributed by atoms with Gasteiger partial charge in [0.05, 0.1) is 5.52 Å². The van der Waals surface area contributed by atoms with Gasteiger partial charge < -0.3 is 21.7 Å². The molecule has 2 amide bonds. The highest BCUT2D eigenvalue weighted by atomic mass is 19.1. The molecule has 1 heterocycles. The minimum absolute atomic E-state index is 0.0940. The van der Waals surface area contributed by atoms with Crippen LogP contribution in [0.2, 0.25) is 0 Å². The zero-order chi connectivity index (χ0) is 23.2. The molecule has 8 nitrogen and oxygen atoms in total. The number of nitrogens with two attached hydrogens (primary N) is 1. The Morgan fingerprint density at radius 3 is 2.70 bits per heavy atom. The summed E-state index contributed by atoms with van der Waals surface area (Å²) in [5.74, 6) is 0.0696. The van der Waals surface area contributed by atoms with Gasteiger partial charge in [0.25, 0.3) is 0 Å². The number of anilines is 2. The molecule has 1 aliphatic carbocycles. The topological polar surface area (TPSA) is 122 Å². The standard InChI is InChI=1S/C24H27FN6O2/c25-17-5-7-21-20(13-17)24(29-14-28-21)31-19-10-15-4-6-18(11-16(15)12-19)30-23(33)3-1-2-22(32)27-9-8-26/h4-7,11,13-14,19H,1-3,8-10,12,26H2,(H,27,32)(H,30,33)(H,28,29,31). The molecular formula is C24H27FN6O2. The maximum atomic E-state index is 13.7. The lowest BCUT2D eigenvalue weighted by Crippen LogP contribution is -2.28. The van der Waals surface area contributed by atoms with E-state index >= 15 is 0 Å². The zero-order valence-corrected chi connectivity index (χ0v) is 18.2. The Morgan fingerprint density at radius 1 is 1.03 bits per heavy atom. The van der Waals surface area contributed by atoms with Gasteiger partial charge >= 0.3 is 0 Å². The van der Waals surface area contributed by atoms with Crippen molar-refractivity contribution in [3.8, 4) is 0 Å². The van der Waals surface area contributed by atoms with Crippen molar-refractivity contribution in [2.24, 2.45) is 5.73 Å². The maximum Gasteiger partial charge on any atom is 0.224 e. The number of rotatable bonds is 9. The molecule has 3 aromatic rings. The quantitative estimate of drug-likeness (QED) is 0.397. The summed E-state index contributed by atoms with van der Waals surface area (Å²) in [6.45, 7) is 0.843. The largest absolute Gasteiger partial charge is 0.366 e. The molecule has 172 valence electrons. The molecule has 1 aromatic heterocycles. The lowest BCUT2D eigenvalue weighted by molar-refractivity contribution is -0.121. The molecule has 0 bridgehead atoms. The summed E-state index contributed by atoms with van der Waals surface area (Å²) < 4.78 is 13.7. The number of fused-ring (bicyclic) bond motifs is 2. The van der Waals surface area contributed by atoms with E-state index in [0.29, 0.717) is 42.7 Å². The van der Waals surface area contributed by atoms with Crippen LogP contribution in [0.1, 0.15) is 30.4 Å². The van der Waals surface area contributed by atoms with E-state index in [2.05, 4.69) is 25.9 Å². The maximum absolute atomic E-state index is 13.7. The van der Waals surface area contributed by atoms with E-state index in [1.54, 1.807) is 6.07 Å². The number of carbonyl (C=O) groups excluding carboxylic acids is 2. The van der Waals surface area contributed by atoms with Gasteiger partial charge in [-0.3, -0.25) is 9.59 Å². The van der Waals surface area contributed by atoms with Gasteiger partial charge in [0, 0.05) is 43.0 Å². The molecule has 0 spiro atoms. The van der Waals surface area contributed by atoms with Crippen LogP contribution in [-0.4, -0.2) is 40.9 Å². The Morgan fingerprint density at radius 2 is 1.85 bits per heavy atom. The Kier molecular flexibility index (Phi) is 7.09. The number of nitrogens with one attached hydrogen (secondary N) is 3. The predicted octanol–water partition coefficient (Wildman–Crippen LogP) is 2.53. The molecule has 33 heavy (non-hydrogen) atoms. The second-order valence-electron chi connectivity index (χ2n) is 8.16. The van der Waals surface area contributed by atoms with E-state index in [4.69, 9.17) is 5.73 Å². The number of nitrogens with zero attached hydrogens (tertiary/aromatic N) is 2. The third-order valence-corrected chi connectivity index (χ3v) is 5.64. The molecule has 4 rings (SSSR count). The lowest BCUT2D eigenvalue weighted by atomic mass is 10.1. The van der Waals surface area contributed by atoms with Gasteiger partial charge in [-0.1, -0.05) is 6.07 Å². The SMILES string of the molecule is NCCNC(=O)CCCC(=O)Nc1ccc2c(c1)CC(Nc1ncnc3ccc(F)cc13)C2. The minimum atomic E-state index is -0.327. The van der Waals surface area contributed by atoms with Gasteiger partial charge in [-0.2, -0.15) is 0 Å². The minimum Gasteiger partial charge on any atom is -0.366 e. The molecule has 0 radical (unpaired) electrons. The number of aromatic nitrogens is 2. The fraction of sp³-hybridized carbons (Fsp3) is 0.333. The number of halogens is 1.